The highest BCUT2D eigenvalue weighted by molar-refractivity contribution is 6.35. The van der Waals surface area contributed by atoms with Crippen LogP contribution in [0.2, 0.25) is 10.0 Å². The van der Waals surface area contributed by atoms with E-state index < -0.39 is 5.60 Å². The standard InChI is InChI=1S/C14H11Cl2FO/c1-14(18,9-2-5-11(17)6-3-9)12-7-4-10(15)8-13(12)16/h2-8,18H,1H3. The molecule has 0 amide bonds. The molecule has 1 unspecified atom stereocenters. The van der Waals surface area contributed by atoms with E-state index in [2.05, 4.69) is 0 Å². The molecule has 94 valence electrons. The Kier molecular flexibility index (Phi) is 3.62. The van der Waals surface area contributed by atoms with Crippen LogP contribution in [0.1, 0.15) is 18.1 Å². The summed E-state index contributed by atoms with van der Waals surface area (Å²) in [6, 6.07) is 10.5. The Morgan fingerprint density at radius 2 is 1.67 bits per heavy atom. The molecule has 0 aliphatic heterocycles. The topological polar surface area (TPSA) is 20.2 Å². The van der Waals surface area contributed by atoms with Gasteiger partial charge >= 0.3 is 0 Å². The SMILES string of the molecule is CC(O)(c1ccc(F)cc1)c1ccc(Cl)cc1Cl. The van der Waals surface area contributed by atoms with Crippen molar-refractivity contribution in [3.63, 3.8) is 0 Å². The van der Waals surface area contributed by atoms with Crippen molar-refractivity contribution >= 4 is 23.2 Å². The molecule has 0 aliphatic rings. The van der Waals surface area contributed by atoms with Gasteiger partial charge in [0.2, 0.25) is 0 Å². The van der Waals surface area contributed by atoms with E-state index >= 15 is 0 Å². The maximum atomic E-state index is 12.9. The van der Waals surface area contributed by atoms with Gasteiger partial charge in [0.15, 0.2) is 0 Å². The van der Waals surface area contributed by atoms with Gasteiger partial charge < -0.3 is 5.11 Å². The van der Waals surface area contributed by atoms with E-state index in [1.165, 1.54) is 24.3 Å². The van der Waals surface area contributed by atoms with Crippen molar-refractivity contribution in [2.24, 2.45) is 0 Å². The van der Waals surface area contributed by atoms with Gasteiger partial charge in [0.25, 0.3) is 0 Å². The van der Waals surface area contributed by atoms with E-state index in [-0.39, 0.29) is 5.82 Å². The quantitative estimate of drug-likeness (QED) is 0.867. The molecule has 2 aromatic carbocycles. The lowest BCUT2D eigenvalue weighted by Crippen LogP contribution is -2.23. The summed E-state index contributed by atoms with van der Waals surface area (Å²) in [4.78, 5) is 0. The first-order valence-corrected chi connectivity index (χ1v) is 6.11. The fourth-order valence-electron chi connectivity index (χ4n) is 1.81. The second-order valence-corrected chi connectivity index (χ2v) is 5.05. The molecule has 0 saturated carbocycles. The summed E-state index contributed by atoms with van der Waals surface area (Å²) in [5.74, 6) is -0.350. The smallest absolute Gasteiger partial charge is 0.123 e. The Morgan fingerprint density at radius 1 is 1.06 bits per heavy atom. The van der Waals surface area contributed by atoms with Crippen molar-refractivity contribution in [3.05, 3.63) is 69.5 Å². The molecule has 2 rings (SSSR count). The molecule has 0 fully saturated rings. The van der Waals surface area contributed by atoms with Crippen molar-refractivity contribution in [3.8, 4) is 0 Å². The van der Waals surface area contributed by atoms with Gasteiger partial charge in [0.1, 0.15) is 11.4 Å². The first kappa shape index (κ1) is 13.3. The molecular formula is C14H11Cl2FO. The summed E-state index contributed by atoms with van der Waals surface area (Å²) in [6.07, 6.45) is 0. The monoisotopic (exact) mass is 284 g/mol. The Labute approximate surface area is 115 Å². The first-order chi connectivity index (χ1) is 8.41. The molecule has 18 heavy (non-hydrogen) atoms. The van der Waals surface area contributed by atoms with E-state index in [0.717, 1.165) is 0 Å². The highest BCUT2D eigenvalue weighted by Gasteiger charge is 2.28. The normalized spacial score (nSPS) is 14.3. The van der Waals surface area contributed by atoms with Crippen molar-refractivity contribution < 1.29 is 9.50 Å². The number of benzene rings is 2. The zero-order valence-corrected chi connectivity index (χ0v) is 11.1. The lowest BCUT2D eigenvalue weighted by Gasteiger charge is -2.25. The Balaban J connectivity index is 2.50. The molecule has 0 spiro atoms. The highest BCUT2D eigenvalue weighted by Crippen LogP contribution is 2.35. The van der Waals surface area contributed by atoms with Crippen LogP contribution in [0, 0.1) is 5.82 Å². The minimum absolute atomic E-state index is 0.350. The van der Waals surface area contributed by atoms with Gasteiger partial charge in [-0.25, -0.2) is 4.39 Å². The van der Waals surface area contributed by atoms with E-state index in [9.17, 15) is 9.50 Å². The van der Waals surface area contributed by atoms with E-state index in [1.807, 2.05) is 0 Å². The van der Waals surface area contributed by atoms with Gasteiger partial charge in [0.05, 0.1) is 0 Å². The van der Waals surface area contributed by atoms with E-state index in [4.69, 9.17) is 23.2 Å². The molecule has 0 bridgehead atoms. The fraction of sp³-hybridized carbons (Fsp3) is 0.143. The van der Waals surface area contributed by atoms with Gasteiger partial charge in [0, 0.05) is 15.6 Å². The summed E-state index contributed by atoms with van der Waals surface area (Å²) in [6.45, 7) is 1.61. The van der Waals surface area contributed by atoms with Crippen molar-refractivity contribution in [1.29, 1.82) is 0 Å². The van der Waals surface area contributed by atoms with Crippen molar-refractivity contribution in [1.82, 2.24) is 0 Å². The molecule has 1 N–H and O–H groups in total. The van der Waals surface area contributed by atoms with Gasteiger partial charge in [-0.05, 0) is 36.8 Å². The van der Waals surface area contributed by atoms with Crippen molar-refractivity contribution in [2.45, 2.75) is 12.5 Å². The summed E-state index contributed by atoms with van der Waals surface area (Å²) in [5, 5.41) is 11.4. The van der Waals surface area contributed by atoms with Crippen LogP contribution in [-0.4, -0.2) is 5.11 Å². The Morgan fingerprint density at radius 3 is 2.22 bits per heavy atom. The molecule has 0 radical (unpaired) electrons. The third-order valence-corrected chi connectivity index (χ3v) is 3.41. The Bertz CT molecular complexity index is 565. The van der Waals surface area contributed by atoms with Crippen LogP contribution in [-0.2, 0) is 5.60 Å². The molecular weight excluding hydrogens is 274 g/mol. The fourth-order valence-corrected chi connectivity index (χ4v) is 2.41. The van der Waals surface area contributed by atoms with E-state index in [0.29, 0.717) is 21.2 Å². The van der Waals surface area contributed by atoms with Gasteiger partial charge in [-0.15, -0.1) is 0 Å². The van der Waals surface area contributed by atoms with Crippen LogP contribution < -0.4 is 0 Å². The summed E-state index contributed by atoms with van der Waals surface area (Å²) < 4.78 is 12.9. The number of hydrogen-bond acceptors (Lipinski definition) is 1. The second kappa shape index (κ2) is 4.88. The van der Waals surface area contributed by atoms with Gasteiger partial charge in [-0.2, -0.15) is 0 Å². The summed E-state index contributed by atoms with van der Waals surface area (Å²) in [5.41, 5.74) is -0.205. The molecule has 1 nitrogen and oxygen atoms in total. The highest BCUT2D eigenvalue weighted by atomic mass is 35.5. The molecule has 2 aromatic rings. The zero-order chi connectivity index (χ0) is 13.3. The first-order valence-electron chi connectivity index (χ1n) is 5.35. The largest absolute Gasteiger partial charge is 0.381 e. The van der Waals surface area contributed by atoms with Gasteiger partial charge in [-0.3, -0.25) is 0 Å². The molecule has 0 aliphatic carbocycles. The average Bonchev–Trinajstić information content (AvgIpc) is 2.29. The maximum Gasteiger partial charge on any atom is 0.123 e. The number of halogens is 3. The number of rotatable bonds is 2. The third kappa shape index (κ3) is 2.51. The maximum absolute atomic E-state index is 12.9. The van der Waals surface area contributed by atoms with Crippen LogP contribution >= 0.6 is 23.2 Å². The molecule has 4 heteroatoms. The molecule has 0 saturated heterocycles. The lowest BCUT2D eigenvalue weighted by molar-refractivity contribution is 0.102. The molecule has 1 atom stereocenters. The number of hydrogen-bond donors (Lipinski definition) is 1. The minimum atomic E-state index is -1.30. The lowest BCUT2D eigenvalue weighted by atomic mass is 9.88. The third-order valence-electron chi connectivity index (χ3n) is 2.86. The van der Waals surface area contributed by atoms with Crippen LogP contribution in [0.3, 0.4) is 0 Å². The van der Waals surface area contributed by atoms with E-state index in [1.54, 1.807) is 25.1 Å². The van der Waals surface area contributed by atoms with Crippen molar-refractivity contribution in [2.75, 3.05) is 0 Å². The van der Waals surface area contributed by atoms with Crippen LogP contribution in [0.4, 0.5) is 4.39 Å². The minimum Gasteiger partial charge on any atom is -0.381 e. The average molecular weight is 285 g/mol. The van der Waals surface area contributed by atoms with Crippen LogP contribution in [0.15, 0.2) is 42.5 Å². The molecule has 0 heterocycles. The molecule has 0 aromatic heterocycles. The van der Waals surface area contributed by atoms with Crippen LogP contribution in [0.25, 0.3) is 0 Å². The number of aliphatic hydroxyl groups is 1. The van der Waals surface area contributed by atoms with Gasteiger partial charge in [-0.1, -0.05) is 41.4 Å². The summed E-state index contributed by atoms with van der Waals surface area (Å²) in [7, 11) is 0. The second-order valence-electron chi connectivity index (χ2n) is 4.20. The van der Waals surface area contributed by atoms with Crippen LogP contribution in [0.5, 0.6) is 0 Å². The predicted molar refractivity (Wildman–Crippen MR) is 71.5 cm³/mol. The predicted octanol–water partition coefficient (Wildman–Crippen LogP) is 4.39. The summed E-state index contributed by atoms with van der Waals surface area (Å²) >= 11 is 11.9. The zero-order valence-electron chi connectivity index (χ0n) is 9.62. The Hall–Kier alpha value is -1.09.